The standard InChI is InChI=1S/C9H17N5O/c1-13-11-9(10-12-13)6-14-4-2-3-8(5-14)7-15/h8,15H,2-7H2,1H3. The minimum absolute atomic E-state index is 0.282. The molecule has 1 unspecified atom stereocenters. The van der Waals surface area contributed by atoms with Gasteiger partial charge in [0.05, 0.1) is 13.6 Å². The van der Waals surface area contributed by atoms with Crippen molar-refractivity contribution in [3.8, 4) is 0 Å². The van der Waals surface area contributed by atoms with Crippen molar-refractivity contribution in [3.05, 3.63) is 5.82 Å². The molecule has 1 aliphatic heterocycles. The normalized spacial score (nSPS) is 23.2. The maximum atomic E-state index is 9.10. The number of rotatable bonds is 3. The summed E-state index contributed by atoms with van der Waals surface area (Å²) in [5.74, 6) is 1.17. The van der Waals surface area contributed by atoms with E-state index in [2.05, 4.69) is 20.3 Å². The Morgan fingerprint density at radius 3 is 3.07 bits per heavy atom. The number of tetrazole rings is 1. The Morgan fingerprint density at radius 1 is 1.53 bits per heavy atom. The Labute approximate surface area is 88.9 Å². The first kappa shape index (κ1) is 10.5. The second-order valence-corrected chi connectivity index (χ2v) is 4.12. The van der Waals surface area contributed by atoms with Gasteiger partial charge in [-0.15, -0.1) is 10.2 Å². The molecular formula is C9H17N5O. The quantitative estimate of drug-likeness (QED) is 0.724. The molecule has 0 aliphatic carbocycles. The fraction of sp³-hybridized carbons (Fsp3) is 0.889. The zero-order valence-corrected chi connectivity index (χ0v) is 9.00. The SMILES string of the molecule is Cn1nnc(CN2CCCC(CO)C2)n1. The number of likely N-dealkylation sites (tertiary alicyclic amines) is 1. The van der Waals surface area contributed by atoms with Gasteiger partial charge in [0.1, 0.15) is 0 Å². The maximum absolute atomic E-state index is 9.10. The molecule has 0 saturated carbocycles. The monoisotopic (exact) mass is 211 g/mol. The molecular weight excluding hydrogens is 194 g/mol. The van der Waals surface area contributed by atoms with Gasteiger partial charge in [0.15, 0.2) is 5.82 Å². The minimum atomic E-state index is 0.282. The van der Waals surface area contributed by atoms with Crippen LogP contribution in [0.15, 0.2) is 0 Å². The molecule has 2 heterocycles. The Bertz CT molecular complexity index is 313. The lowest BCUT2D eigenvalue weighted by Crippen LogP contribution is -2.36. The average molecular weight is 211 g/mol. The van der Waals surface area contributed by atoms with E-state index in [1.165, 1.54) is 4.80 Å². The molecule has 0 radical (unpaired) electrons. The molecule has 6 nitrogen and oxygen atoms in total. The number of aliphatic hydroxyl groups is 1. The molecule has 1 N–H and O–H groups in total. The van der Waals surface area contributed by atoms with E-state index >= 15 is 0 Å². The first-order valence-electron chi connectivity index (χ1n) is 5.34. The molecule has 1 atom stereocenters. The molecule has 15 heavy (non-hydrogen) atoms. The van der Waals surface area contributed by atoms with Crippen LogP contribution in [0.2, 0.25) is 0 Å². The van der Waals surface area contributed by atoms with Gasteiger partial charge in [-0.2, -0.15) is 4.80 Å². The lowest BCUT2D eigenvalue weighted by molar-refractivity contribution is 0.114. The minimum Gasteiger partial charge on any atom is -0.396 e. The van der Waals surface area contributed by atoms with Crippen LogP contribution in [0.25, 0.3) is 0 Å². The molecule has 84 valence electrons. The third kappa shape index (κ3) is 2.73. The van der Waals surface area contributed by atoms with E-state index in [0.717, 1.165) is 38.3 Å². The summed E-state index contributed by atoms with van der Waals surface area (Å²) in [5.41, 5.74) is 0. The van der Waals surface area contributed by atoms with E-state index in [9.17, 15) is 0 Å². The molecule has 1 saturated heterocycles. The van der Waals surface area contributed by atoms with Gasteiger partial charge in [0, 0.05) is 13.2 Å². The average Bonchev–Trinajstić information content (AvgIpc) is 2.64. The van der Waals surface area contributed by atoms with Gasteiger partial charge < -0.3 is 5.11 Å². The molecule has 1 aromatic rings. The number of nitrogens with zero attached hydrogens (tertiary/aromatic N) is 5. The highest BCUT2D eigenvalue weighted by atomic mass is 16.3. The van der Waals surface area contributed by atoms with Crippen molar-refractivity contribution in [2.24, 2.45) is 13.0 Å². The summed E-state index contributed by atoms with van der Waals surface area (Å²) in [7, 11) is 1.77. The fourth-order valence-corrected chi connectivity index (χ4v) is 2.03. The lowest BCUT2D eigenvalue weighted by atomic mass is 9.99. The largest absolute Gasteiger partial charge is 0.396 e. The number of hydrogen-bond donors (Lipinski definition) is 1. The van der Waals surface area contributed by atoms with Crippen LogP contribution in [0.4, 0.5) is 0 Å². The summed E-state index contributed by atoms with van der Waals surface area (Å²) in [6, 6.07) is 0. The number of aromatic nitrogens is 4. The first-order valence-corrected chi connectivity index (χ1v) is 5.34. The number of aryl methyl sites for hydroxylation is 1. The van der Waals surface area contributed by atoms with Crippen molar-refractivity contribution in [2.75, 3.05) is 19.7 Å². The van der Waals surface area contributed by atoms with Gasteiger partial charge in [0.25, 0.3) is 0 Å². The van der Waals surface area contributed by atoms with Gasteiger partial charge in [-0.25, -0.2) is 0 Å². The van der Waals surface area contributed by atoms with Gasteiger partial charge in [-0.3, -0.25) is 4.90 Å². The summed E-state index contributed by atoms with van der Waals surface area (Å²) in [6.07, 6.45) is 2.27. The number of piperidine rings is 1. The summed E-state index contributed by atoms with van der Waals surface area (Å²) in [4.78, 5) is 3.75. The zero-order chi connectivity index (χ0) is 10.7. The molecule has 0 bridgehead atoms. The second kappa shape index (κ2) is 4.67. The van der Waals surface area contributed by atoms with E-state index in [-0.39, 0.29) is 6.61 Å². The highest BCUT2D eigenvalue weighted by molar-refractivity contribution is 4.80. The Morgan fingerprint density at radius 2 is 2.40 bits per heavy atom. The summed E-state index contributed by atoms with van der Waals surface area (Å²) >= 11 is 0. The molecule has 6 heteroatoms. The van der Waals surface area contributed by atoms with Gasteiger partial charge in [-0.05, 0) is 30.5 Å². The smallest absolute Gasteiger partial charge is 0.188 e. The fourth-order valence-electron chi connectivity index (χ4n) is 2.03. The third-order valence-electron chi connectivity index (χ3n) is 2.78. The van der Waals surface area contributed by atoms with E-state index in [1.807, 2.05) is 0 Å². The summed E-state index contributed by atoms with van der Waals surface area (Å²) in [6.45, 7) is 3.03. The van der Waals surface area contributed by atoms with Crippen molar-refractivity contribution in [3.63, 3.8) is 0 Å². The van der Waals surface area contributed by atoms with Crippen LogP contribution in [0, 0.1) is 5.92 Å². The summed E-state index contributed by atoms with van der Waals surface area (Å²) in [5, 5.41) is 21.0. The van der Waals surface area contributed by atoms with Crippen molar-refractivity contribution in [2.45, 2.75) is 19.4 Å². The van der Waals surface area contributed by atoms with E-state index in [1.54, 1.807) is 7.05 Å². The van der Waals surface area contributed by atoms with Crippen LogP contribution in [0.5, 0.6) is 0 Å². The van der Waals surface area contributed by atoms with Gasteiger partial charge in [-0.1, -0.05) is 0 Å². The molecule has 1 aliphatic rings. The predicted octanol–water partition coefficient (Wildman–Crippen LogP) is -0.586. The number of aliphatic hydroxyl groups excluding tert-OH is 1. The first-order chi connectivity index (χ1) is 7.28. The van der Waals surface area contributed by atoms with E-state index in [0.29, 0.717) is 5.92 Å². The van der Waals surface area contributed by atoms with Crippen LogP contribution in [0.3, 0.4) is 0 Å². The topological polar surface area (TPSA) is 67.1 Å². The van der Waals surface area contributed by atoms with Gasteiger partial charge in [0.2, 0.25) is 0 Å². The number of hydrogen-bond acceptors (Lipinski definition) is 5. The predicted molar refractivity (Wildman–Crippen MR) is 53.9 cm³/mol. The van der Waals surface area contributed by atoms with E-state index in [4.69, 9.17) is 5.11 Å². The highest BCUT2D eigenvalue weighted by Gasteiger charge is 2.20. The molecule has 0 amide bonds. The van der Waals surface area contributed by atoms with Crippen molar-refractivity contribution in [1.82, 2.24) is 25.1 Å². The van der Waals surface area contributed by atoms with Crippen molar-refractivity contribution >= 4 is 0 Å². The molecule has 1 fully saturated rings. The van der Waals surface area contributed by atoms with Crippen LogP contribution in [0.1, 0.15) is 18.7 Å². The molecule has 0 aromatic carbocycles. The Balaban J connectivity index is 1.88. The lowest BCUT2D eigenvalue weighted by Gasteiger charge is -2.30. The van der Waals surface area contributed by atoms with Crippen LogP contribution >= 0.6 is 0 Å². The Hall–Kier alpha value is -1.01. The summed E-state index contributed by atoms with van der Waals surface area (Å²) < 4.78 is 0. The van der Waals surface area contributed by atoms with Crippen molar-refractivity contribution < 1.29 is 5.11 Å². The molecule has 1 aromatic heterocycles. The molecule has 2 rings (SSSR count). The van der Waals surface area contributed by atoms with E-state index < -0.39 is 0 Å². The van der Waals surface area contributed by atoms with Crippen LogP contribution in [-0.4, -0.2) is 49.9 Å². The second-order valence-electron chi connectivity index (χ2n) is 4.12. The highest BCUT2D eigenvalue weighted by Crippen LogP contribution is 2.16. The zero-order valence-electron chi connectivity index (χ0n) is 9.00. The van der Waals surface area contributed by atoms with Crippen LogP contribution in [-0.2, 0) is 13.6 Å². The molecule has 0 spiro atoms. The Kier molecular flexibility index (Phi) is 3.27. The van der Waals surface area contributed by atoms with Crippen LogP contribution < -0.4 is 0 Å². The maximum Gasteiger partial charge on any atom is 0.188 e. The third-order valence-corrected chi connectivity index (χ3v) is 2.78. The van der Waals surface area contributed by atoms with Crippen molar-refractivity contribution in [1.29, 1.82) is 0 Å². The van der Waals surface area contributed by atoms with Gasteiger partial charge >= 0.3 is 0 Å².